The van der Waals surface area contributed by atoms with Gasteiger partial charge >= 0.3 is 0 Å². The van der Waals surface area contributed by atoms with E-state index in [9.17, 15) is 4.79 Å². The first-order valence-corrected chi connectivity index (χ1v) is 9.13. The summed E-state index contributed by atoms with van der Waals surface area (Å²) in [6, 6.07) is 14.5. The molecule has 0 unspecified atom stereocenters. The molecule has 1 amide bonds. The molecule has 1 heterocycles. The highest BCUT2D eigenvalue weighted by atomic mass is 16.5. The lowest BCUT2D eigenvalue weighted by molar-refractivity contribution is 0.0679. The van der Waals surface area contributed by atoms with E-state index in [0.717, 1.165) is 43.1 Å². The monoisotopic (exact) mass is 355 g/mol. The third kappa shape index (κ3) is 5.23. The molecule has 0 aromatic heterocycles. The van der Waals surface area contributed by atoms with Crippen molar-refractivity contribution in [2.45, 2.75) is 32.3 Å². The molecule has 1 saturated heterocycles. The van der Waals surface area contributed by atoms with Crippen molar-refractivity contribution < 1.29 is 19.0 Å². The number of hydrogen-bond acceptors (Lipinski definition) is 4. The van der Waals surface area contributed by atoms with Crippen LogP contribution in [0.1, 0.15) is 36.5 Å². The minimum atomic E-state index is -0.153. The minimum absolute atomic E-state index is 0.153. The van der Waals surface area contributed by atoms with Gasteiger partial charge in [0.1, 0.15) is 18.1 Å². The lowest BCUT2D eigenvalue weighted by atomic mass is 10.2. The minimum Gasteiger partial charge on any atom is -0.494 e. The predicted octanol–water partition coefficient (Wildman–Crippen LogP) is 4.29. The molecule has 3 rings (SSSR count). The van der Waals surface area contributed by atoms with E-state index < -0.39 is 0 Å². The highest BCUT2D eigenvalue weighted by Gasteiger charge is 2.16. The Bertz CT molecular complexity index is 691. The molecule has 2 aromatic rings. The molecule has 1 N–H and O–H groups in total. The van der Waals surface area contributed by atoms with Crippen LogP contribution < -0.4 is 14.8 Å². The lowest BCUT2D eigenvalue weighted by Crippen LogP contribution is -2.16. The summed E-state index contributed by atoms with van der Waals surface area (Å²) in [6.45, 7) is 4.12. The van der Waals surface area contributed by atoms with Crippen molar-refractivity contribution in [3.8, 4) is 11.5 Å². The first-order chi connectivity index (χ1) is 12.7. The van der Waals surface area contributed by atoms with E-state index in [1.165, 1.54) is 0 Å². The van der Waals surface area contributed by atoms with Gasteiger partial charge in [-0.05, 0) is 67.8 Å². The lowest BCUT2D eigenvalue weighted by Gasteiger charge is -2.12. The first-order valence-electron chi connectivity index (χ1n) is 9.13. The standard InChI is InChI=1S/C21H25NO4/c1-2-13-24-18-9-5-16(6-10-18)21(23)22-17-7-11-19(12-8-17)26-15-20-4-3-14-25-20/h5-12,20H,2-4,13-15H2,1H3,(H,22,23)/t20-/m1/s1. The highest BCUT2D eigenvalue weighted by Crippen LogP contribution is 2.19. The van der Waals surface area contributed by atoms with Gasteiger partial charge in [-0.1, -0.05) is 6.92 Å². The van der Waals surface area contributed by atoms with Gasteiger partial charge in [-0.3, -0.25) is 4.79 Å². The van der Waals surface area contributed by atoms with Gasteiger partial charge in [0.2, 0.25) is 0 Å². The molecule has 0 bridgehead atoms. The topological polar surface area (TPSA) is 56.8 Å². The Morgan fingerprint density at radius 1 is 1.08 bits per heavy atom. The molecule has 2 aromatic carbocycles. The number of anilines is 1. The van der Waals surface area contributed by atoms with E-state index in [0.29, 0.717) is 18.8 Å². The van der Waals surface area contributed by atoms with Crippen LogP contribution in [0.5, 0.6) is 11.5 Å². The highest BCUT2D eigenvalue weighted by molar-refractivity contribution is 6.04. The molecule has 1 aliphatic heterocycles. The summed E-state index contributed by atoms with van der Waals surface area (Å²) in [5.74, 6) is 1.40. The number of ether oxygens (including phenoxy) is 3. The molecule has 5 heteroatoms. The zero-order chi connectivity index (χ0) is 18.2. The maximum Gasteiger partial charge on any atom is 0.255 e. The maximum absolute atomic E-state index is 12.3. The second kappa shape index (κ2) is 9.25. The van der Waals surface area contributed by atoms with Crippen molar-refractivity contribution in [3.05, 3.63) is 54.1 Å². The fraction of sp³-hybridized carbons (Fsp3) is 0.381. The smallest absolute Gasteiger partial charge is 0.255 e. The number of hydrogen-bond donors (Lipinski definition) is 1. The number of carbonyl (C=O) groups is 1. The van der Waals surface area contributed by atoms with Gasteiger partial charge < -0.3 is 19.5 Å². The van der Waals surface area contributed by atoms with Crippen LogP contribution >= 0.6 is 0 Å². The van der Waals surface area contributed by atoms with Gasteiger partial charge in [-0.25, -0.2) is 0 Å². The van der Waals surface area contributed by atoms with Crippen LogP contribution in [0, 0.1) is 0 Å². The normalized spacial score (nSPS) is 16.3. The van der Waals surface area contributed by atoms with Gasteiger partial charge in [0.05, 0.1) is 12.7 Å². The second-order valence-corrected chi connectivity index (χ2v) is 6.30. The Labute approximate surface area is 154 Å². The van der Waals surface area contributed by atoms with Crippen molar-refractivity contribution in [1.82, 2.24) is 0 Å². The number of rotatable bonds is 8. The number of nitrogens with one attached hydrogen (secondary N) is 1. The van der Waals surface area contributed by atoms with Crippen LogP contribution in [0.15, 0.2) is 48.5 Å². The van der Waals surface area contributed by atoms with Crippen molar-refractivity contribution in [2.75, 3.05) is 25.1 Å². The molecule has 0 spiro atoms. The summed E-state index contributed by atoms with van der Waals surface area (Å²) >= 11 is 0. The average Bonchev–Trinajstić information content (AvgIpc) is 3.20. The largest absolute Gasteiger partial charge is 0.494 e. The van der Waals surface area contributed by atoms with E-state index in [1.54, 1.807) is 12.1 Å². The first kappa shape index (κ1) is 18.3. The summed E-state index contributed by atoms with van der Waals surface area (Å²) in [6.07, 6.45) is 3.30. The molecule has 1 aliphatic rings. The van der Waals surface area contributed by atoms with E-state index in [1.807, 2.05) is 36.4 Å². The molecule has 0 radical (unpaired) electrons. The van der Waals surface area contributed by atoms with Crippen LogP contribution in [-0.4, -0.2) is 31.8 Å². The molecule has 138 valence electrons. The Morgan fingerprint density at radius 3 is 2.42 bits per heavy atom. The van der Waals surface area contributed by atoms with E-state index in [-0.39, 0.29) is 12.0 Å². The van der Waals surface area contributed by atoms with E-state index in [4.69, 9.17) is 14.2 Å². The predicted molar refractivity (Wildman–Crippen MR) is 101 cm³/mol. The molecular weight excluding hydrogens is 330 g/mol. The van der Waals surface area contributed by atoms with Gasteiger partial charge in [0.15, 0.2) is 0 Å². The summed E-state index contributed by atoms with van der Waals surface area (Å²) in [5.41, 5.74) is 1.32. The Kier molecular flexibility index (Phi) is 6.50. The number of carbonyl (C=O) groups excluding carboxylic acids is 1. The molecule has 0 aliphatic carbocycles. The van der Waals surface area contributed by atoms with Crippen LogP contribution in [0.2, 0.25) is 0 Å². The second-order valence-electron chi connectivity index (χ2n) is 6.30. The fourth-order valence-electron chi connectivity index (χ4n) is 2.73. The zero-order valence-electron chi connectivity index (χ0n) is 15.1. The van der Waals surface area contributed by atoms with Crippen LogP contribution in [0.4, 0.5) is 5.69 Å². The Balaban J connectivity index is 1.50. The summed E-state index contributed by atoms with van der Waals surface area (Å²) < 4.78 is 16.8. The summed E-state index contributed by atoms with van der Waals surface area (Å²) in [7, 11) is 0. The quantitative estimate of drug-likeness (QED) is 0.768. The van der Waals surface area contributed by atoms with Gasteiger partial charge in [0.25, 0.3) is 5.91 Å². The molecule has 1 fully saturated rings. The molecule has 0 saturated carbocycles. The molecule has 5 nitrogen and oxygen atoms in total. The summed E-state index contributed by atoms with van der Waals surface area (Å²) in [5, 5.41) is 2.89. The van der Waals surface area contributed by atoms with Gasteiger partial charge in [-0.15, -0.1) is 0 Å². The molecule has 26 heavy (non-hydrogen) atoms. The fourth-order valence-corrected chi connectivity index (χ4v) is 2.73. The van der Waals surface area contributed by atoms with Crippen molar-refractivity contribution in [1.29, 1.82) is 0 Å². The van der Waals surface area contributed by atoms with Crippen molar-refractivity contribution >= 4 is 11.6 Å². The third-order valence-corrected chi connectivity index (χ3v) is 4.16. The third-order valence-electron chi connectivity index (χ3n) is 4.16. The molecule has 1 atom stereocenters. The zero-order valence-corrected chi connectivity index (χ0v) is 15.1. The number of amides is 1. The van der Waals surface area contributed by atoms with Crippen molar-refractivity contribution in [2.24, 2.45) is 0 Å². The SMILES string of the molecule is CCCOc1ccc(C(=O)Nc2ccc(OC[C@H]3CCCO3)cc2)cc1. The average molecular weight is 355 g/mol. The van der Waals surface area contributed by atoms with Crippen LogP contribution in [0.3, 0.4) is 0 Å². The van der Waals surface area contributed by atoms with E-state index in [2.05, 4.69) is 12.2 Å². The van der Waals surface area contributed by atoms with Gasteiger partial charge in [-0.2, -0.15) is 0 Å². The summed E-state index contributed by atoms with van der Waals surface area (Å²) in [4.78, 5) is 12.3. The van der Waals surface area contributed by atoms with Crippen LogP contribution in [-0.2, 0) is 4.74 Å². The molecular formula is C21H25NO4. The van der Waals surface area contributed by atoms with Crippen LogP contribution in [0.25, 0.3) is 0 Å². The van der Waals surface area contributed by atoms with Gasteiger partial charge in [0, 0.05) is 17.9 Å². The Hall–Kier alpha value is -2.53. The van der Waals surface area contributed by atoms with E-state index >= 15 is 0 Å². The number of benzene rings is 2. The Morgan fingerprint density at radius 2 is 1.77 bits per heavy atom. The maximum atomic E-state index is 12.3. The van der Waals surface area contributed by atoms with Crippen molar-refractivity contribution in [3.63, 3.8) is 0 Å².